The summed E-state index contributed by atoms with van der Waals surface area (Å²) in [7, 11) is 0. The number of benzene rings is 1. The molecule has 0 radical (unpaired) electrons. The number of nitrogens with two attached hydrogens (primary N) is 1. The normalized spacial score (nSPS) is 13.0. The van der Waals surface area contributed by atoms with Crippen LogP contribution in [0.4, 0.5) is 13.2 Å². The van der Waals surface area contributed by atoms with E-state index in [-0.39, 0.29) is 18.0 Å². The number of rotatable bonds is 2. The fourth-order valence-electron chi connectivity index (χ4n) is 1.12. The van der Waals surface area contributed by atoms with Crippen molar-refractivity contribution >= 4 is 15.9 Å². The van der Waals surface area contributed by atoms with Crippen LogP contribution in [0.25, 0.3) is 0 Å². The van der Waals surface area contributed by atoms with Crippen LogP contribution in [0.5, 0.6) is 0 Å². The van der Waals surface area contributed by atoms with E-state index in [1.165, 1.54) is 0 Å². The molecule has 1 rings (SSSR count). The second kappa shape index (κ2) is 4.31. The summed E-state index contributed by atoms with van der Waals surface area (Å²) < 4.78 is 38.7. The van der Waals surface area contributed by atoms with E-state index < -0.39 is 21.9 Å². The SMILES string of the molecule is CC(N)Cc1cc(F)c(Br)c(F)c1F. The molecular weight excluding hydrogens is 259 g/mol. The van der Waals surface area contributed by atoms with Crippen molar-refractivity contribution < 1.29 is 13.2 Å². The third-order valence-corrected chi connectivity index (χ3v) is 2.45. The highest BCUT2D eigenvalue weighted by atomic mass is 79.9. The quantitative estimate of drug-likeness (QED) is 0.647. The topological polar surface area (TPSA) is 26.0 Å². The zero-order valence-electron chi connectivity index (χ0n) is 7.45. The van der Waals surface area contributed by atoms with Crippen molar-refractivity contribution in [3.8, 4) is 0 Å². The smallest absolute Gasteiger partial charge is 0.176 e. The van der Waals surface area contributed by atoms with Crippen molar-refractivity contribution in [2.24, 2.45) is 5.73 Å². The molecule has 0 aliphatic carbocycles. The maximum absolute atomic E-state index is 13.2. The second-order valence-electron chi connectivity index (χ2n) is 3.14. The van der Waals surface area contributed by atoms with E-state index in [2.05, 4.69) is 15.9 Å². The average molecular weight is 268 g/mol. The van der Waals surface area contributed by atoms with Gasteiger partial charge in [0.2, 0.25) is 0 Å². The van der Waals surface area contributed by atoms with E-state index >= 15 is 0 Å². The van der Waals surface area contributed by atoms with Crippen LogP contribution in [0.15, 0.2) is 10.5 Å². The van der Waals surface area contributed by atoms with Gasteiger partial charge in [0.15, 0.2) is 11.6 Å². The fraction of sp³-hybridized carbons (Fsp3) is 0.333. The van der Waals surface area contributed by atoms with Crippen molar-refractivity contribution in [2.75, 3.05) is 0 Å². The number of hydrogen-bond donors (Lipinski definition) is 1. The molecule has 78 valence electrons. The van der Waals surface area contributed by atoms with E-state index in [4.69, 9.17) is 5.73 Å². The highest BCUT2D eigenvalue weighted by Crippen LogP contribution is 2.25. The van der Waals surface area contributed by atoms with Gasteiger partial charge in [-0.05, 0) is 40.9 Å². The summed E-state index contributed by atoms with van der Waals surface area (Å²) in [5.74, 6) is -3.07. The van der Waals surface area contributed by atoms with Crippen molar-refractivity contribution in [2.45, 2.75) is 19.4 Å². The van der Waals surface area contributed by atoms with Crippen molar-refractivity contribution in [3.63, 3.8) is 0 Å². The Bertz CT molecular complexity index is 352. The van der Waals surface area contributed by atoms with Crippen LogP contribution in [0.1, 0.15) is 12.5 Å². The van der Waals surface area contributed by atoms with E-state index in [0.29, 0.717) is 0 Å². The third-order valence-electron chi connectivity index (χ3n) is 1.72. The van der Waals surface area contributed by atoms with E-state index in [9.17, 15) is 13.2 Å². The minimum Gasteiger partial charge on any atom is -0.328 e. The van der Waals surface area contributed by atoms with Gasteiger partial charge in [0, 0.05) is 6.04 Å². The van der Waals surface area contributed by atoms with Gasteiger partial charge in [0.25, 0.3) is 0 Å². The van der Waals surface area contributed by atoms with Crippen LogP contribution < -0.4 is 5.73 Å². The van der Waals surface area contributed by atoms with Gasteiger partial charge in [-0.1, -0.05) is 0 Å². The summed E-state index contributed by atoms with van der Waals surface area (Å²) in [6.45, 7) is 1.64. The summed E-state index contributed by atoms with van der Waals surface area (Å²) in [5.41, 5.74) is 5.36. The molecule has 0 bridgehead atoms. The molecule has 2 N–H and O–H groups in total. The first-order valence-corrected chi connectivity index (χ1v) is 4.80. The molecule has 0 amide bonds. The Morgan fingerprint density at radius 1 is 1.36 bits per heavy atom. The fourth-order valence-corrected chi connectivity index (χ4v) is 1.41. The predicted octanol–water partition coefficient (Wildman–Crippen LogP) is 2.76. The molecule has 0 aliphatic heterocycles. The van der Waals surface area contributed by atoms with E-state index in [1.807, 2.05) is 0 Å². The predicted molar refractivity (Wildman–Crippen MR) is 51.4 cm³/mol. The lowest BCUT2D eigenvalue weighted by Gasteiger charge is -2.08. The van der Waals surface area contributed by atoms with Gasteiger partial charge in [0.05, 0.1) is 4.47 Å². The second-order valence-corrected chi connectivity index (χ2v) is 3.93. The number of hydrogen-bond acceptors (Lipinski definition) is 1. The molecule has 1 unspecified atom stereocenters. The van der Waals surface area contributed by atoms with Gasteiger partial charge < -0.3 is 5.73 Å². The van der Waals surface area contributed by atoms with E-state index in [0.717, 1.165) is 6.07 Å². The molecule has 1 nitrogen and oxygen atoms in total. The van der Waals surface area contributed by atoms with Crippen LogP contribution in [0.3, 0.4) is 0 Å². The van der Waals surface area contributed by atoms with Crippen LogP contribution in [-0.4, -0.2) is 6.04 Å². The molecule has 0 heterocycles. The van der Waals surface area contributed by atoms with Gasteiger partial charge in [0.1, 0.15) is 5.82 Å². The van der Waals surface area contributed by atoms with Crippen molar-refractivity contribution in [1.29, 1.82) is 0 Å². The third kappa shape index (κ3) is 2.27. The maximum atomic E-state index is 13.2. The standard InChI is InChI=1S/C9H9BrF3N/c1-4(14)2-5-3-6(11)7(10)9(13)8(5)12/h3-4H,2,14H2,1H3. The van der Waals surface area contributed by atoms with Gasteiger partial charge in [-0.2, -0.15) is 0 Å². The van der Waals surface area contributed by atoms with Gasteiger partial charge in [-0.25, -0.2) is 13.2 Å². The highest BCUT2D eigenvalue weighted by molar-refractivity contribution is 9.10. The largest absolute Gasteiger partial charge is 0.328 e. The monoisotopic (exact) mass is 267 g/mol. The summed E-state index contributed by atoms with van der Waals surface area (Å²) in [4.78, 5) is 0. The lowest BCUT2D eigenvalue weighted by Crippen LogP contribution is -2.19. The van der Waals surface area contributed by atoms with Crippen molar-refractivity contribution in [1.82, 2.24) is 0 Å². The first kappa shape index (κ1) is 11.5. The summed E-state index contributed by atoms with van der Waals surface area (Å²) in [6, 6.07) is 0.607. The lowest BCUT2D eigenvalue weighted by atomic mass is 10.1. The summed E-state index contributed by atoms with van der Waals surface area (Å²) in [5, 5.41) is 0. The molecule has 0 saturated heterocycles. The molecule has 1 atom stereocenters. The van der Waals surface area contributed by atoms with Gasteiger partial charge in [-0.15, -0.1) is 0 Å². The molecule has 0 aromatic heterocycles. The highest BCUT2D eigenvalue weighted by Gasteiger charge is 2.17. The zero-order chi connectivity index (χ0) is 10.9. The Morgan fingerprint density at radius 2 is 1.93 bits per heavy atom. The molecule has 0 fully saturated rings. The molecule has 14 heavy (non-hydrogen) atoms. The Labute approximate surface area is 88.2 Å². The molecule has 0 spiro atoms. The minimum absolute atomic E-state index is 0.0433. The Morgan fingerprint density at radius 3 is 2.43 bits per heavy atom. The molecule has 1 aromatic carbocycles. The van der Waals surface area contributed by atoms with Gasteiger partial charge >= 0.3 is 0 Å². The first-order valence-electron chi connectivity index (χ1n) is 4.01. The van der Waals surface area contributed by atoms with Crippen LogP contribution in [0.2, 0.25) is 0 Å². The molecule has 0 aliphatic rings. The van der Waals surface area contributed by atoms with Crippen molar-refractivity contribution in [3.05, 3.63) is 33.6 Å². The maximum Gasteiger partial charge on any atom is 0.176 e. The molecule has 0 saturated carbocycles. The average Bonchev–Trinajstić information content (AvgIpc) is 2.10. The Kier molecular flexibility index (Phi) is 3.55. The van der Waals surface area contributed by atoms with E-state index in [1.54, 1.807) is 6.92 Å². The first-order chi connectivity index (χ1) is 6.43. The molecule has 5 heteroatoms. The Balaban J connectivity index is 3.19. The number of halogens is 4. The minimum atomic E-state index is -1.21. The lowest BCUT2D eigenvalue weighted by molar-refractivity contribution is 0.474. The van der Waals surface area contributed by atoms with Gasteiger partial charge in [-0.3, -0.25) is 0 Å². The summed E-state index contributed by atoms with van der Waals surface area (Å²) >= 11 is 2.61. The molecule has 1 aromatic rings. The molecular formula is C9H9BrF3N. The van der Waals surface area contributed by atoms with Crippen LogP contribution >= 0.6 is 15.9 Å². The van der Waals surface area contributed by atoms with Crippen LogP contribution in [0, 0.1) is 17.5 Å². The Hall–Kier alpha value is -0.550. The summed E-state index contributed by atoms with van der Waals surface area (Å²) in [6.07, 6.45) is 0.104. The zero-order valence-corrected chi connectivity index (χ0v) is 9.04. The van der Waals surface area contributed by atoms with Crippen LogP contribution in [-0.2, 0) is 6.42 Å².